The average Bonchev–Trinajstić information content (AvgIpc) is 3.46. The number of pyridine rings is 1. The number of benzene rings is 2. The van der Waals surface area contributed by atoms with Gasteiger partial charge in [0.15, 0.2) is 17.6 Å². The standard InChI is InChI=1S/C28H22N6O6S/c1-14-6-20-25(38-12-17(40-20)13-39-28(35)32-16-4-5-21(36-2)30-10-16)26-23(14)34-27(41-26)18-7-15(9-29)8-19-24(18)31-11-22(33-19)37-3/h4-8,10-11,17H,12-13H2,1-3H3,(H,32,35)/t17-/m1/s1. The second kappa shape index (κ2) is 10.7. The minimum absolute atomic E-state index is 0.0189. The number of methoxy groups -OCH3 is 2. The Morgan fingerprint density at radius 2 is 1.98 bits per heavy atom. The third-order valence-corrected chi connectivity index (χ3v) is 7.36. The van der Waals surface area contributed by atoms with Crippen LogP contribution in [0.3, 0.4) is 0 Å². The molecule has 0 unspecified atom stereocenters. The van der Waals surface area contributed by atoms with Crippen LogP contribution in [0.15, 0.2) is 42.7 Å². The maximum atomic E-state index is 12.3. The average molecular weight is 571 g/mol. The molecule has 0 saturated carbocycles. The van der Waals surface area contributed by atoms with Crippen LogP contribution in [0, 0.1) is 18.3 Å². The molecule has 3 aromatic heterocycles. The fraction of sp³-hybridized carbons (Fsp3) is 0.214. The van der Waals surface area contributed by atoms with Gasteiger partial charge in [-0.25, -0.2) is 24.7 Å². The Morgan fingerprint density at radius 3 is 2.73 bits per heavy atom. The monoisotopic (exact) mass is 570 g/mol. The van der Waals surface area contributed by atoms with E-state index in [4.69, 9.17) is 28.7 Å². The molecule has 13 heteroatoms. The van der Waals surface area contributed by atoms with E-state index in [0.717, 1.165) is 15.8 Å². The van der Waals surface area contributed by atoms with Gasteiger partial charge in [0, 0.05) is 11.6 Å². The number of nitrogens with one attached hydrogen (secondary N) is 1. The number of hydrogen-bond donors (Lipinski definition) is 1. The van der Waals surface area contributed by atoms with Gasteiger partial charge in [-0.2, -0.15) is 5.26 Å². The molecule has 6 rings (SSSR count). The Labute approximate surface area is 237 Å². The van der Waals surface area contributed by atoms with E-state index in [0.29, 0.717) is 56.1 Å². The number of hydrogen-bond acceptors (Lipinski definition) is 12. The predicted octanol–water partition coefficient (Wildman–Crippen LogP) is 4.89. The zero-order valence-electron chi connectivity index (χ0n) is 22.1. The Hall–Kier alpha value is -5.22. The van der Waals surface area contributed by atoms with E-state index in [2.05, 4.69) is 26.3 Å². The van der Waals surface area contributed by atoms with Crippen molar-refractivity contribution in [3.8, 4) is 39.9 Å². The minimum Gasteiger partial charge on any atom is -0.484 e. The topological polar surface area (TPSA) is 151 Å². The van der Waals surface area contributed by atoms with E-state index in [1.807, 2.05) is 13.0 Å². The van der Waals surface area contributed by atoms with Crippen LogP contribution in [0.2, 0.25) is 0 Å². The van der Waals surface area contributed by atoms with Gasteiger partial charge in [0.05, 0.1) is 60.5 Å². The van der Waals surface area contributed by atoms with E-state index in [1.54, 1.807) is 24.3 Å². The van der Waals surface area contributed by atoms with Crippen molar-refractivity contribution in [1.29, 1.82) is 5.26 Å². The van der Waals surface area contributed by atoms with E-state index >= 15 is 0 Å². The van der Waals surface area contributed by atoms with Crippen molar-refractivity contribution in [2.75, 3.05) is 32.8 Å². The molecule has 0 aliphatic carbocycles. The van der Waals surface area contributed by atoms with Crippen LogP contribution in [0.25, 0.3) is 31.8 Å². The van der Waals surface area contributed by atoms with Gasteiger partial charge >= 0.3 is 6.09 Å². The highest BCUT2D eigenvalue weighted by atomic mass is 32.1. The third-order valence-electron chi connectivity index (χ3n) is 6.27. The van der Waals surface area contributed by atoms with Crippen LogP contribution in [-0.2, 0) is 4.74 Å². The SMILES string of the molecule is COc1ccc(NC(=O)OC[C@H]2COc3c(cc(C)c4nc(-c5cc(C#N)cc6nc(OC)cnc56)sc34)O2)cn1. The van der Waals surface area contributed by atoms with E-state index in [9.17, 15) is 10.1 Å². The largest absolute Gasteiger partial charge is 0.484 e. The first-order valence-electron chi connectivity index (χ1n) is 12.4. The summed E-state index contributed by atoms with van der Waals surface area (Å²) >= 11 is 1.41. The van der Waals surface area contributed by atoms with Gasteiger partial charge in [-0.3, -0.25) is 5.32 Å². The lowest BCUT2D eigenvalue weighted by atomic mass is 10.1. The van der Waals surface area contributed by atoms with Gasteiger partial charge < -0.3 is 23.7 Å². The Balaban J connectivity index is 1.23. The summed E-state index contributed by atoms with van der Waals surface area (Å²) in [5, 5.41) is 12.9. The molecule has 1 aliphatic heterocycles. The summed E-state index contributed by atoms with van der Waals surface area (Å²) in [7, 11) is 3.02. The van der Waals surface area contributed by atoms with Crippen LogP contribution in [0.4, 0.5) is 10.5 Å². The highest BCUT2D eigenvalue weighted by molar-refractivity contribution is 7.22. The summed E-state index contributed by atoms with van der Waals surface area (Å²) < 4.78 is 28.6. The number of nitrogens with zero attached hydrogens (tertiary/aromatic N) is 5. The first-order chi connectivity index (χ1) is 19.9. The number of nitriles is 1. The number of thiazole rings is 1. The van der Waals surface area contributed by atoms with Gasteiger partial charge in [0.1, 0.15) is 22.9 Å². The number of ether oxygens (including phenoxy) is 5. The molecule has 41 heavy (non-hydrogen) atoms. The highest BCUT2D eigenvalue weighted by Gasteiger charge is 2.27. The smallest absolute Gasteiger partial charge is 0.411 e. The number of anilines is 1. The van der Waals surface area contributed by atoms with Crippen LogP contribution in [0.5, 0.6) is 23.3 Å². The fourth-order valence-corrected chi connectivity index (χ4v) is 5.48. The lowest BCUT2D eigenvalue weighted by Crippen LogP contribution is -2.35. The normalized spacial score (nSPS) is 14.0. The van der Waals surface area contributed by atoms with Gasteiger partial charge in [-0.05, 0) is 36.8 Å². The summed E-state index contributed by atoms with van der Waals surface area (Å²) in [5.41, 5.74) is 4.36. The Kier molecular flexibility index (Phi) is 6.82. The molecule has 0 radical (unpaired) electrons. The van der Waals surface area contributed by atoms with Crippen molar-refractivity contribution in [3.63, 3.8) is 0 Å². The van der Waals surface area contributed by atoms with Crippen LogP contribution in [-0.4, -0.2) is 59.6 Å². The number of carbonyl (C=O) groups is 1. The number of aromatic nitrogens is 4. The maximum Gasteiger partial charge on any atom is 0.411 e. The molecule has 0 bridgehead atoms. The Bertz CT molecular complexity index is 1840. The van der Waals surface area contributed by atoms with E-state index in [-0.39, 0.29) is 13.2 Å². The molecule has 0 spiro atoms. The van der Waals surface area contributed by atoms with Crippen molar-refractivity contribution >= 4 is 44.4 Å². The number of rotatable bonds is 6. The minimum atomic E-state index is -0.641. The van der Waals surface area contributed by atoms with Crippen LogP contribution >= 0.6 is 11.3 Å². The maximum absolute atomic E-state index is 12.3. The predicted molar refractivity (Wildman–Crippen MR) is 150 cm³/mol. The van der Waals surface area contributed by atoms with Crippen LogP contribution in [0.1, 0.15) is 11.1 Å². The van der Waals surface area contributed by atoms with Crippen molar-refractivity contribution < 1.29 is 28.5 Å². The van der Waals surface area contributed by atoms with E-state index in [1.165, 1.54) is 38.0 Å². The zero-order valence-corrected chi connectivity index (χ0v) is 22.9. The van der Waals surface area contributed by atoms with Crippen LogP contribution < -0.4 is 24.3 Å². The lowest BCUT2D eigenvalue weighted by molar-refractivity contribution is 0.0383. The first kappa shape index (κ1) is 26.0. The van der Waals surface area contributed by atoms with Crippen molar-refractivity contribution in [2.45, 2.75) is 13.0 Å². The van der Waals surface area contributed by atoms with E-state index < -0.39 is 12.2 Å². The second-order valence-corrected chi connectivity index (χ2v) is 10.00. The molecule has 1 N–H and O–H groups in total. The summed E-state index contributed by atoms with van der Waals surface area (Å²) in [5.74, 6) is 1.89. The molecule has 12 nitrogen and oxygen atoms in total. The highest BCUT2D eigenvalue weighted by Crippen LogP contribution is 2.46. The summed E-state index contributed by atoms with van der Waals surface area (Å²) in [6.07, 6.45) is 1.85. The zero-order chi connectivity index (χ0) is 28.5. The molecule has 1 atom stereocenters. The lowest BCUT2D eigenvalue weighted by Gasteiger charge is -2.26. The first-order valence-corrected chi connectivity index (χ1v) is 13.2. The van der Waals surface area contributed by atoms with Crippen molar-refractivity contribution in [1.82, 2.24) is 19.9 Å². The van der Waals surface area contributed by atoms with Gasteiger partial charge in [0.25, 0.3) is 0 Å². The molecular weight excluding hydrogens is 548 g/mol. The summed E-state index contributed by atoms with van der Waals surface area (Å²) in [6, 6.07) is 10.7. The number of carbonyl (C=O) groups excluding carboxylic acids is 1. The number of aryl methyl sites for hydroxylation is 1. The van der Waals surface area contributed by atoms with Gasteiger partial charge in [-0.15, -0.1) is 11.3 Å². The molecule has 2 aromatic carbocycles. The Morgan fingerprint density at radius 1 is 1.12 bits per heavy atom. The molecule has 4 heterocycles. The van der Waals surface area contributed by atoms with Crippen molar-refractivity contribution in [3.05, 3.63) is 53.9 Å². The fourth-order valence-electron chi connectivity index (χ4n) is 4.33. The molecular formula is C28H22N6O6S. The molecule has 0 saturated heterocycles. The number of fused-ring (bicyclic) bond motifs is 4. The molecule has 1 amide bonds. The number of amides is 1. The third kappa shape index (κ3) is 5.08. The summed E-state index contributed by atoms with van der Waals surface area (Å²) in [4.78, 5) is 30.1. The molecule has 0 fully saturated rings. The second-order valence-electron chi connectivity index (χ2n) is 9.00. The van der Waals surface area contributed by atoms with Gasteiger partial charge in [-0.1, -0.05) is 0 Å². The molecule has 1 aliphatic rings. The van der Waals surface area contributed by atoms with Gasteiger partial charge in [0.2, 0.25) is 11.8 Å². The van der Waals surface area contributed by atoms with Crippen molar-refractivity contribution in [2.24, 2.45) is 0 Å². The summed E-state index contributed by atoms with van der Waals surface area (Å²) in [6.45, 7) is 2.09. The quantitative estimate of drug-likeness (QED) is 0.297. The molecule has 5 aromatic rings. The molecule has 206 valence electrons.